The number of hydrogen-bond acceptors (Lipinski definition) is 4. The standard InChI is InChI=1S/C20H20N2O4/c23-18-7-8-19(24)22(18)15-10-13-5-6-14(11-15)21(13)20(25)17-9-12-3-1-2-4-16(12)26-17/h1-4,9,13-15H,5-8,10-11H2. The lowest BCUT2D eigenvalue weighted by Crippen LogP contribution is -2.53. The predicted molar refractivity (Wildman–Crippen MR) is 93.3 cm³/mol. The number of carbonyl (C=O) groups excluding carboxylic acids is 3. The Kier molecular flexibility index (Phi) is 3.42. The van der Waals surface area contributed by atoms with Crippen LogP contribution in [0.5, 0.6) is 0 Å². The molecule has 6 nitrogen and oxygen atoms in total. The molecule has 0 radical (unpaired) electrons. The zero-order chi connectivity index (χ0) is 17.8. The first-order chi connectivity index (χ1) is 12.6. The first-order valence-electron chi connectivity index (χ1n) is 9.28. The van der Waals surface area contributed by atoms with Crippen molar-refractivity contribution in [3.63, 3.8) is 0 Å². The van der Waals surface area contributed by atoms with Crippen molar-refractivity contribution in [2.24, 2.45) is 0 Å². The predicted octanol–water partition coefficient (Wildman–Crippen LogP) is 2.72. The molecule has 1 aromatic carbocycles. The van der Waals surface area contributed by atoms with Gasteiger partial charge < -0.3 is 9.32 Å². The van der Waals surface area contributed by atoms with E-state index in [9.17, 15) is 14.4 Å². The van der Waals surface area contributed by atoms with E-state index >= 15 is 0 Å². The summed E-state index contributed by atoms with van der Waals surface area (Å²) < 4.78 is 5.76. The molecule has 5 rings (SSSR count). The fraction of sp³-hybridized carbons (Fsp3) is 0.450. The molecule has 3 saturated heterocycles. The van der Waals surface area contributed by atoms with Crippen LogP contribution in [0.3, 0.4) is 0 Å². The lowest BCUT2D eigenvalue weighted by atomic mass is 9.95. The maximum atomic E-state index is 13.1. The van der Waals surface area contributed by atoms with Crippen molar-refractivity contribution < 1.29 is 18.8 Å². The topological polar surface area (TPSA) is 70.8 Å². The van der Waals surface area contributed by atoms with E-state index in [0.717, 1.165) is 18.2 Å². The van der Waals surface area contributed by atoms with Crippen molar-refractivity contribution in [3.05, 3.63) is 36.1 Å². The number of hydrogen-bond donors (Lipinski definition) is 0. The summed E-state index contributed by atoms with van der Waals surface area (Å²) in [6, 6.07) is 9.48. The van der Waals surface area contributed by atoms with Crippen LogP contribution in [-0.2, 0) is 9.59 Å². The number of piperidine rings is 1. The minimum absolute atomic E-state index is 0.0588. The minimum atomic E-state index is -0.0776. The van der Waals surface area contributed by atoms with E-state index in [-0.39, 0.29) is 35.8 Å². The Morgan fingerprint density at radius 3 is 2.27 bits per heavy atom. The van der Waals surface area contributed by atoms with Gasteiger partial charge in [0, 0.05) is 36.4 Å². The van der Waals surface area contributed by atoms with Gasteiger partial charge >= 0.3 is 0 Å². The van der Waals surface area contributed by atoms with Gasteiger partial charge in [-0.15, -0.1) is 0 Å². The second-order valence-corrected chi connectivity index (χ2v) is 7.53. The van der Waals surface area contributed by atoms with Crippen LogP contribution in [0, 0.1) is 0 Å². The molecular formula is C20H20N2O4. The van der Waals surface area contributed by atoms with Crippen LogP contribution in [0.15, 0.2) is 34.7 Å². The number of carbonyl (C=O) groups is 3. The van der Waals surface area contributed by atoms with Gasteiger partial charge in [-0.25, -0.2) is 0 Å². The molecule has 0 N–H and O–H groups in total. The summed E-state index contributed by atoms with van der Waals surface area (Å²) in [5, 5.41) is 0.923. The highest BCUT2D eigenvalue weighted by molar-refractivity contribution is 6.02. The minimum Gasteiger partial charge on any atom is -0.451 e. The summed E-state index contributed by atoms with van der Waals surface area (Å²) in [5.74, 6) is 0.175. The van der Waals surface area contributed by atoms with Crippen molar-refractivity contribution >= 4 is 28.7 Å². The molecule has 2 unspecified atom stereocenters. The lowest BCUT2D eigenvalue weighted by molar-refractivity contribution is -0.142. The SMILES string of the molecule is O=C1CCC(=O)N1C1CC2CCC(C1)N2C(=O)c1cc2ccccc2o1. The summed E-state index contributed by atoms with van der Waals surface area (Å²) in [4.78, 5) is 40.6. The maximum Gasteiger partial charge on any atom is 0.290 e. The monoisotopic (exact) mass is 352 g/mol. The molecule has 26 heavy (non-hydrogen) atoms. The molecule has 2 aromatic rings. The third-order valence-corrected chi connectivity index (χ3v) is 6.03. The van der Waals surface area contributed by atoms with Crippen molar-refractivity contribution in [3.8, 4) is 0 Å². The normalized spacial score (nSPS) is 28.4. The van der Waals surface area contributed by atoms with Gasteiger partial charge in [-0.05, 0) is 37.8 Å². The second kappa shape index (κ2) is 5.69. The molecule has 3 aliphatic heterocycles. The summed E-state index contributed by atoms with van der Waals surface area (Å²) in [6.07, 6.45) is 3.85. The van der Waals surface area contributed by atoms with Crippen LogP contribution < -0.4 is 0 Å². The largest absolute Gasteiger partial charge is 0.451 e. The van der Waals surface area contributed by atoms with Gasteiger partial charge in [-0.2, -0.15) is 0 Å². The van der Waals surface area contributed by atoms with Gasteiger partial charge in [-0.3, -0.25) is 19.3 Å². The average molecular weight is 352 g/mol. The number of likely N-dealkylation sites (tertiary alicyclic amines) is 1. The lowest BCUT2D eigenvalue weighted by Gasteiger charge is -2.41. The number of benzene rings is 1. The van der Waals surface area contributed by atoms with Crippen LogP contribution in [-0.4, -0.2) is 45.6 Å². The van der Waals surface area contributed by atoms with Gasteiger partial charge in [-0.1, -0.05) is 18.2 Å². The number of amides is 3. The van der Waals surface area contributed by atoms with Gasteiger partial charge in [0.1, 0.15) is 5.58 Å². The summed E-state index contributed by atoms with van der Waals surface area (Å²) in [5.41, 5.74) is 0.714. The van der Waals surface area contributed by atoms with Crippen molar-refractivity contribution in [1.29, 1.82) is 0 Å². The van der Waals surface area contributed by atoms with Crippen molar-refractivity contribution in [2.75, 3.05) is 0 Å². The Bertz CT molecular complexity index is 854. The number of fused-ring (bicyclic) bond motifs is 3. The number of para-hydroxylation sites is 1. The zero-order valence-corrected chi connectivity index (χ0v) is 14.4. The highest BCUT2D eigenvalue weighted by Crippen LogP contribution is 2.40. The van der Waals surface area contributed by atoms with Gasteiger partial charge in [0.05, 0.1) is 0 Å². The maximum absolute atomic E-state index is 13.1. The Balaban J connectivity index is 1.39. The first kappa shape index (κ1) is 15.6. The molecule has 0 saturated carbocycles. The van der Waals surface area contributed by atoms with Crippen LogP contribution in [0.1, 0.15) is 49.1 Å². The Morgan fingerprint density at radius 2 is 1.62 bits per heavy atom. The highest BCUT2D eigenvalue weighted by Gasteiger charge is 2.48. The van der Waals surface area contributed by atoms with Gasteiger partial charge in [0.25, 0.3) is 5.91 Å². The first-order valence-corrected chi connectivity index (χ1v) is 9.28. The molecule has 0 spiro atoms. The molecule has 3 fully saturated rings. The van der Waals surface area contributed by atoms with Crippen LogP contribution in [0.4, 0.5) is 0 Å². The van der Waals surface area contributed by atoms with Crippen molar-refractivity contribution in [1.82, 2.24) is 9.80 Å². The average Bonchev–Trinajstić information content (AvgIpc) is 3.28. The molecule has 2 bridgehead atoms. The molecular weight excluding hydrogens is 332 g/mol. The molecule has 1 aromatic heterocycles. The fourth-order valence-electron chi connectivity index (χ4n) is 4.91. The smallest absolute Gasteiger partial charge is 0.290 e. The molecule has 3 amide bonds. The zero-order valence-electron chi connectivity index (χ0n) is 14.4. The molecule has 6 heteroatoms. The number of rotatable bonds is 2. The van der Waals surface area contributed by atoms with E-state index in [4.69, 9.17) is 4.42 Å². The second-order valence-electron chi connectivity index (χ2n) is 7.53. The Labute approximate surface area is 150 Å². The number of imide groups is 1. The molecule has 4 heterocycles. The van der Waals surface area contributed by atoms with E-state index < -0.39 is 0 Å². The molecule has 0 aliphatic carbocycles. The van der Waals surface area contributed by atoms with E-state index in [2.05, 4.69) is 0 Å². The third-order valence-electron chi connectivity index (χ3n) is 6.03. The van der Waals surface area contributed by atoms with Gasteiger partial charge in [0.15, 0.2) is 5.76 Å². The summed E-state index contributed by atoms with van der Waals surface area (Å²) >= 11 is 0. The quantitative estimate of drug-likeness (QED) is 0.779. The number of furan rings is 1. The molecule has 134 valence electrons. The van der Waals surface area contributed by atoms with Crippen LogP contribution >= 0.6 is 0 Å². The Morgan fingerprint density at radius 1 is 0.962 bits per heavy atom. The van der Waals surface area contributed by atoms with E-state index in [1.807, 2.05) is 29.2 Å². The Hall–Kier alpha value is -2.63. The molecule has 3 aliphatic rings. The number of nitrogens with zero attached hydrogens (tertiary/aromatic N) is 2. The van der Waals surface area contributed by atoms with E-state index in [1.54, 1.807) is 6.07 Å². The summed E-state index contributed by atoms with van der Waals surface area (Å²) in [7, 11) is 0. The van der Waals surface area contributed by atoms with Gasteiger partial charge in [0.2, 0.25) is 11.8 Å². The van der Waals surface area contributed by atoms with Crippen LogP contribution in [0.2, 0.25) is 0 Å². The fourth-order valence-corrected chi connectivity index (χ4v) is 4.91. The molecule has 2 atom stereocenters. The third kappa shape index (κ3) is 2.28. The van der Waals surface area contributed by atoms with E-state index in [1.165, 1.54) is 4.90 Å². The van der Waals surface area contributed by atoms with Crippen molar-refractivity contribution in [2.45, 2.75) is 56.7 Å². The summed E-state index contributed by atoms with van der Waals surface area (Å²) in [6.45, 7) is 0. The van der Waals surface area contributed by atoms with E-state index in [0.29, 0.717) is 37.0 Å². The van der Waals surface area contributed by atoms with Crippen LogP contribution in [0.25, 0.3) is 11.0 Å². The highest BCUT2D eigenvalue weighted by atomic mass is 16.3.